The van der Waals surface area contributed by atoms with E-state index in [1.807, 2.05) is 58.4 Å². The van der Waals surface area contributed by atoms with Crippen LogP contribution in [0.2, 0.25) is 0 Å². The quantitative estimate of drug-likeness (QED) is 0.0250. The zero-order valence-electron chi connectivity index (χ0n) is 86.8. The molecule has 0 spiro atoms. The molecule has 0 bridgehead atoms. The molecule has 3 saturated carbocycles. The van der Waals surface area contributed by atoms with Gasteiger partial charge < -0.3 is 105 Å². The van der Waals surface area contributed by atoms with Crippen LogP contribution < -0.4 is 95.8 Å². The van der Waals surface area contributed by atoms with Crippen LogP contribution in [0.1, 0.15) is 206 Å². The molecule has 4 aromatic carbocycles. The number of hydrogen-bond donors (Lipinski definition) is 8. The number of hydrogen-bond acceptors (Lipinski definition) is 32. The van der Waals surface area contributed by atoms with E-state index < -0.39 is 16.2 Å². The molecule has 9 aromatic rings. The van der Waals surface area contributed by atoms with Crippen LogP contribution in [0.15, 0.2) is 104 Å². The molecule has 6 aliphatic heterocycles. The van der Waals surface area contributed by atoms with Crippen molar-refractivity contribution in [2.75, 3.05) is 211 Å². The fourth-order valence-electron chi connectivity index (χ4n) is 20.5. The van der Waals surface area contributed by atoms with E-state index in [4.69, 9.17) is 43.6 Å². The first-order valence-corrected chi connectivity index (χ1v) is 50.2. The number of likely N-dealkylation sites (tertiary alicyclic amines) is 1. The Labute approximate surface area is 843 Å². The molecule has 0 unspecified atom stereocenters. The van der Waals surface area contributed by atoms with E-state index in [0.717, 1.165) is 132 Å². The Morgan fingerprint density at radius 3 is 1.07 bits per heavy atom. The van der Waals surface area contributed by atoms with Crippen LogP contribution in [0, 0.1) is 16.2 Å². The average molecular weight is 1980 g/mol. The number of nitrogens with zero attached hydrogens (tertiary/aromatic N) is 20. The Hall–Kier alpha value is -13.9. The number of carbonyl (C=O) groups excluding carboxylic acids is 7. The van der Waals surface area contributed by atoms with Crippen molar-refractivity contribution in [3.8, 4) is 28.7 Å². The van der Waals surface area contributed by atoms with Gasteiger partial charge in [-0.15, -0.1) is 10.2 Å². The van der Waals surface area contributed by atoms with Gasteiger partial charge >= 0.3 is 0 Å². The van der Waals surface area contributed by atoms with E-state index in [2.05, 4.69) is 130 Å². The summed E-state index contributed by atoms with van der Waals surface area (Å²) in [5, 5.41) is 32.9. The van der Waals surface area contributed by atoms with Gasteiger partial charge in [0.15, 0.2) is 23.3 Å². The van der Waals surface area contributed by atoms with Gasteiger partial charge in [0.25, 0.3) is 23.6 Å². The minimum Gasteiger partial charge on any atom is -0.495 e. The Morgan fingerprint density at radius 1 is 0.410 bits per heavy atom. The van der Waals surface area contributed by atoms with Crippen LogP contribution in [0.4, 0.5) is 86.9 Å². The molecule has 9 aliphatic rings. The highest BCUT2D eigenvalue weighted by atomic mass is 16.5. The first-order valence-electron chi connectivity index (χ1n) is 50.2. The van der Waals surface area contributed by atoms with Crippen molar-refractivity contribution in [2.45, 2.75) is 189 Å². The summed E-state index contributed by atoms with van der Waals surface area (Å²) in [6, 6.07) is 22.2. The molecule has 18 rings (SSSR count). The number of amides is 7. The second-order valence-corrected chi connectivity index (χ2v) is 41.0. The van der Waals surface area contributed by atoms with Crippen molar-refractivity contribution in [1.82, 2.24) is 85.7 Å². The highest BCUT2D eigenvalue weighted by Gasteiger charge is 2.46. The Morgan fingerprint density at radius 2 is 0.722 bits per heavy atom. The van der Waals surface area contributed by atoms with Gasteiger partial charge in [0, 0.05) is 153 Å². The van der Waals surface area contributed by atoms with Gasteiger partial charge in [0.2, 0.25) is 41.5 Å². The molecule has 3 aliphatic carbocycles. The van der Waals surface area contributed by atoms with Crippen molar-refractivity contribution in [2.24, 2.45) is 16.2 Å². The Bertz CT molecular complexity index is 6100. The van der Waals surface area contributed by atoms with Gasteiger partial charge in [-0.1, -0.05) is 52.4 Å². The molecule has 0 atom stereocenters. The van der Waals surface area contributed by atoms with Crippen LogP contribution >= 0.6 is 0 Å². The topological polar surface area (TPSA) is 425 Å². The fourth-order valence-corrected chi connectivity index (χ4v) is 20.5. The molecule has 40 nitrogen and oxygen atoms in total. The van der Waals surface area contributed by atoms with Crippen LogP contribution in [0.25, 0.3) is 5.69 Å². The maximum absolute atomic E-state index is 13.3. The van der Waals surface area contributed by atoms with E-state index in [1.165, 1.54) is 58.5 Å². The number of anilines is 15. The Balaban J connectivity index is 0.000000145. The Kier molecular flexibility index (Phi) is 32.9. The molecule has 0 radical (unpaired) electrons. The lowest BCUT2D eigenvalue weighted by molar-refractivity contribution is -0.126. The zero-order chi connectivity index (χ0) is 103. The third-order valence-electron chi connectivity index (χ3n) is 28.4. The molecule has 5 aromatic heterocycles. The number of methoxy groups -OCH3 is 4. The monoisotopic (exact) mass is 1980 g/mol. The number of morpholine rings is 1. The number of fused-ring (bicyclic) bond motifs is 6. The smallest absolute Gasteiger partial charge is 0.251 e. The van der Waals surface area contributed by atoms with Crippen LogP contribution in [-0.4, -0.2) is 285 Å². The predicted molar refractivity (Wildman–Crippen MR) is 558 cm³/mol. The summed E-state index contributed by atoms with van der Waals surface area (Å²) in [5.74, 6) is 7.22. The number of nitrogens with one attached hydrogen (secondary N) is 8. The van der Waals surface area contributed by atoms with E-state index >= 15 is 0 Å². The van der Waals surface area contributed by atoms with Crippen LogP contribution in [0.3, 0.4) is 0 Å². The van der Waals surface area contributed by atoms with E-state index in [9.17, 15) is 33.6 Å². The molecule has 40 heteroatoms. The van der Waals surface area contributed by atoms with Crippen molar-refractivity contribution in [3.63, 3.8) is 0 Å². The molecular weight excluding hydrogens is 1830 g/mol. The maximum atomic E-state index is 13.3. The molecule has 770 valence electrons. The summed E-state index contributed by atoms with van der Waals surface area (Å²) in [5.41, 5.74) is 5.80. The SMILES string of the molecule is CNC(=O)c1ccc(Nc2ncc3c(n2)N(C(C)C)CC(C)(C)C(=O)N3C)c(OC)c1.CNC(=O)c1ccc(Nc2ncc3c(n2)N(C2CCCC2)CC(C)(C)c2nncn2-3)c(OC)c1.COc1cc(C(=O)NCCN2CCCC2)ccc1Nc1ncc2c(n1)N(C1CCCC1)CC(C)(C)C(=O)N2C.COc1cc(C(=O)NCCN2CCOCC2)ccc1Nc1ncc2c(n1)N(C1CCCC1)CC(C)(C)C(=O)N2C. The summed E-state index contributed by atoms with van der Waals surface area (Å²) in [7, 11) is 14.8. The van der Waals surface area contributed by atoms with E-state index in [0.29, 0.717) is 160 Å². The van der Waals surface area contributed by atoms with Gasteiger partial charge in [-0.3, -0.25) is 43.0 Å². The third-order valence-corrected chi connectivity index (χ3v) is 28.4. The van der Waals surface area contributed by atoms with E-state index in [1.54, 1.807) is 163 Å². The average Bonchev–Trinajstić information content (AvgIpc) is 1.61. The van der Waals surface area contributed by atoms with Crippen molar-refractivity contribution in [1.29, 1.82) is 0 Å². The number of benzene rings is 4. The number of carbonyl (C=O) groups is 7. The van der Waals surface area contributed by atoms with Gasteiger partial charge in [0.05, 0.1) is 105 Å². The molecule has 2 saturated heterocycles. The highest BCUT2D eigenvalue weighted by molar-refractivity contribution is 6.04. The molecule has 144 heavy (non-hydrogen) atoms. The molecular formula is C104H142N28O12. The summed E-state index contributed by atoms with van der Waals surface area (Å²) >= 11 is 0. The molecule has 11 heterocycles. The van der Waals surface area contributed by atoms with Crippen LogP contribution in [-0.2, 0) is 24.5 Å². The fraction of sp³-hybridized carbons (Fsp3) is 0.529. The van der Waals surface area contributed by atoms with Crippen molar-refractivity contribution >= 4 is 128 Å². The lowest BCUT2D eigenvalue weighted by Gasteiger charge is -2.34. The normalized spacial score (nSPS) is 18.1. The molecule has 7 amide bonds. The van der Waals surface area contributed by atoms with Gasteiger partial charge in [-0.25, -0.2) is 19.9 Å². The number of rotatable bonds is 26. The minimum atomic E-state index is -0.563. The second kappa shape index (κ2) is 45.4. The largest absolute Gasteiger partial charge is 0.495 e. The van der Waals surface area contributed by atoms with Crippen molar-refractivity contribution < 1.29 is 57.2 Å². The lowest BCUT2D eigenvalue weighted by atomic mass is 9.91. The maximum Gasteiger partial charge on any atom is 0.251 e. The minimum absolute atomic E-state index is 0.0210. The highest BCUT2D eigenvalue weighted by Crippen LogP contribution is 2.47. The second-order valence-electron chi connectivity index (χ2n) is 41.0. The van der Waals surface area contributed by atoms with Crippen LogP contribution in [0.5, 0.6) is 23.0 Å². The van der Waals surface area contributed by atoms with Gasteiger partial charge in [0.1, 0.15) is 57.9 Å². The van der Waals surface area contributed by atoms with Crippen molar-refractivity contribution in [3.05, 3.63) is 132 Å². The molecule has 5 fully saturated rings. The van der Waals surface area contributed by atoms with Gasteiger partial charge in [-0.05, 0) is 193 Å². The van der Waals surface area contributed by atoms with Gasteiger partial charge in [-0.2, -0.15) is 19.9 Å². The first-order chi connectivity index (χ1) is 69.0. The summed E-state index contributed by atoms with van der Waals surface area (Å²) in [6.45, 7) is 31.3. The summed E-state index contributed by atoms with van der Waals surface area (Å²) < 4.78 is 29.6. The zero-order valence-corrected chi connectivity index (χ0v) is 86.8. The standard InChI is InChI=1S/C29H41N7O4.C29H41N7O3.C24H30N8O2.C22H30N6O3/c1-29(2)19-36(21-7-5-6-8-21)25-23(34(3)27(29)38)18-31-28(33-25)32-22-10-9-20(17-24(22)39-4)26(37)30-11-12-35-13-15-40-16-14-35;1-29(2)19-36(21-9-5-6-10-21)25-23(34(3)27(29)38)18-31-28(33-25)32-22-12-11-20(17-24(22)39-4)26(37)30-13-16-35-14-7-8-15-35;1-24(2)13-31(16-7-5-6-8-16)20-18(32-14-27-30-22(24)32)12-26-23(29-20)28-17-10-9-15(21(33)25-3)11-19(17)34-4;1-13(2)28-12-22(3,4)20(30)27(6)16-11-24-21(26-18(16)28)25-15-9-8-14(19(29)23-5)10-17(15)31-7/h9-10,17-18,21H,5-8,11-16,19H2,1-4H3,(H,30,37)(H,31,32,33);11-12,17-18,21H,5-10,13-16,19H2,1-4H3,(H,30,37)(H,31,32,33);9-12,14,16H,5-8,13H2,1-4H3,(H,25,33)(H,26,28,29);8-11,13H,12H2,1-7H3,(H,23,29)(H,24,25,26). The summed E-state index contributed by atoms with van der Waals surface area (Å²) in [4.78, 5) is 145. The number of aromatic nitrogens is 11. The molecule has 8 N–H and O–H groups in total. The van der Waals surface area contributed by atoms with E-state index in [-0.39, 0.29) is 52.8 Å². The third kappa shape index (κ3) is 23.6. The lowest BCUT2D eigenvalue weighted by Crippen LogP contribution is -2.45. The predicted octanol–water partition coefficient (Wildman–Crippen LogP) is 12.9. The summed E-state index contributed by atoms with van der Waals surface area (Å²) in [6.07, 6.45) is 25.0. The number of ether oxygens (including phenoxy) is 5. The first kappa shape index (κ1) is 104.